The van der Waals surface area contributed by atoms with Crippen molar-refractivity contribution in [2.45, 2.75) is 13.3 Å². The van der Waals surface area contributed by atoms with E-state index in [1.807, 2.05) is 36.4 Å². The fraction of sp³-hybridized carbons (Fsp3) is 0.263. The van der Waals surface area contributed by atoms with Crippen LogP contribution in [0.3, 0.4) is 0 Å². The number of hydrogen-bond acceptors (Lipinski definition) is 7. The first-order chi connectivity index (χ1) is 13.2. The molecule has 1 amide bonds. The number of aryl methyl sites for hydroxylation is 1. The normalized spacial score (nSPS) is 13.2. The number of hydrogen-bond donors (Lipinski definition) is 1. The summed E-state index contributed by atoms with van der Waals surface area (Å²) in [6.07, 6.45) is 2.45. The van der Waals surface area contributed by atoms with Gasteiger partial charge in [-0.3, -0.25) is 4.79 Å². The van der Waals surface area contributed by atoms with Crippen LogP contribution < -0.4 is 15.0 Å². The number of carbonyl (C=O) groups excluding carboxylic acids is 1. The van der Waals surface area contributed by atoms with E-state index in [9.17, 15) is 4.79 Å². The van der Waals surface area contributed by atoms with Crippen LogP contribution in [0.1, 0.15) is 12.2 Å². The van der Waals surface area contributed by atoms with E-state index >= 15 is 0 Å². The zero-order valence-electron chi connectivity index (χ0n) is 14.9. The Kier molecular flexibility index (Phi) is 4.69. The maximum Gasteiger partial charge on any atom is 0.265 e. The van der Waals surface area contributed by atoms with Crippen molar-refractivity contribution in [1.29, 1.82) is 0 Å². The lowest BCUT2D eigenvalue weighted by atomic mass is 10.2. The third-order valence-electron chi connectivity index (χ3n) is 4.22. The van der Waals surface area contributed by atoms with Crippen LogP contribution in [0.4, 0.5) is 11.5 Å². The minimum atomic E-state index is -0.0337. The molecule has 1 aromatic carbocycles. The first-order valence-electron chi connectivity index (χ1n) is 8.74. The molecule has 0 bridgehead atoms. The molecule has 1 N–H and O–H groups in total. The summed E-state index contributed by atoms with van der Waals surface area (Å²) in [5.74, 6) is 2.39. The second-order valence-electron chi connectivity index (χ2n) is 6.13. The molecule has 27 heavy (non-hydrogen) atoms. The smallest absolute Gasteiger partial charge is 0.265 e. The van der Waals surface area contributed by atoms with E-state index in [-0.39, 0.29) is 12.5 Å². The Bertz CT molecular complexity index is 956. The lowest BCUT2D eigenvalue weighted by Crippen LogP contribution is -2.39. The molecule has 1 aliphatic rings. The Morgan fingerprint density at radius 2 is 2.11 bits per heavy atom. The molecule has 0 spiro atoms. The first-order valence-corrected chi connectivity index (χ1v) is 8.74. The molecule has 4 rings (SSSR count). The van der Waals surface area contributed by atoms with Crippen molar-refractivity contribution < 1.29 is 14.1 Å². The highest BCUT2D eigenvalue weighted by atomic mass is 16.5. The van der Waals surface area contributed by atoms with Crippen molar-refractivity contribution >= 4 is 17.4 Å². The molecule has 0 saturated carbocycles. The second kappa shape index (κ2) is 7.45. The number of ether oxygens (including phenoxy) is 1. The van der Waals surface area contributed by atoms with Crippen LogP contribution in [0.2, 0.25) is 0 Å². The molecule has 8 nitrogen and oxygen atoms in total. The molecule has 8 heteroatoms. The fourth-order valence-electron chi connectivity index (χ4n) is 2.97. The third-order valence-corrected chi connectivity index (χ3v) is 4.22. The zero-order chi connectivity index (χ0) is 18.6. The van der Waals surface area contributed by atoms with Gasteiger partial charge in [-0.15, -0.1) is 0 Å². The van der Waals surface area contributed by atoms with E-state index in [4.69, 9.17) is 9.26 Å². The molecule has 2 aromatic heterocycles. The average molecular weight is 365 g/mol. The summed E-state index contributed by atoms with van der Waals surface area (Å²) in [5.41, 5.74) is 1.57. The van der Waals surface area contributed by atoms with Crippen molar-refractivity contribution in [3.8, 4) is 17.2 Å². The van der Waals surface area contributed by atoms with E-state index in [1.165, 1.54) is 0 Å². The maximum atomic E-state index is 12.2. The van der Waals surface area contributed by atoms with Gasteiger partial charge in [0.25, 0.3) is 11.8 Å². The standard InChI is InChI=1S/C19H19N5O3/c1-13-22-19(27-23-13)14-6-4-9-20-18(14)21-10-5-11-24-15-7-2-3-8-16(15)26-12-17(24)25/h2-4,6-9H,5,10-12H2,1H3,(H,20,21). The molecule has 3 heterocycles. The Morgan fingerprint density at radius 3 is 2.96 bits per heavy atom. The predicted molar refractivity (Wildman–Crippen MR) is 99.7 cm³/mol. The highest BCUT2D eigenvalue weighted by molar-refractivity contribution is 5.97. The minimum absolute atomic E-state index is 0.0337. The Morgan fingerprint density at radius 1 is 1.22 bits per heavy atom. The van der Waals surface area contributed by atoms with Gasteiger partial charge in [0.2, 0.25) is 0 Å². The van der Waals surface area contributed by atoms with Crippen LogP contribution >= 0.6 is 0 Å². The molecular weight excluding hydrogens is 346 g/mol. The van der Waals surface area contributed by atoms with Gasteiger partial charge in [0.15, 0.2) is 12.4 Å². The zero-order valence-corrected chi connectivity index (χ0v) is 14.9. The van der Waals surface area contributed by atoms with Gasteiger partial charge in [-0.1, -0.05) is 17.3 Å². The lowest BCUT2D eigenvalue weighted by molar-refractivity contribution is -0.121. The Hall–Kier alpha value is -3.42. The van der Waals surface area contributed by atoms with Gasteiger partial charge in [-0.05, 0) is 37.6 Å². The van der Waals surface area contributed by atoms with E-state index < -0.39 is 0 Å². The van der Waals surface area contributed by atoms with Crippen LogP contribution in [-0.2, 0) is 4.79 Å². The molecule has 0 radical (unpaired) electrons. The molecule has 3 aromatic rings. The summed E-state index contributed by atoms with van der Waals surface area (Å²) in [6.45, 7) is 3.08. The number of nitrogens with zero attached hydrogens (tertiary/aromatic N) is 4. The minimum Gasteiger partial charge on any atom is -0.482 e. The summed E-state index contributed by atoms with van der Waals surface area (Å²) in [6, 6.07) is 11.3. The molecule has 0 unspecified atom stereocenters. The molecule has 0 fully saturated rings. The number of amides is 1. The van der Waals surface area contributed by atoms with Gasteiger partial charge in [-0.25, -0.2) is 4.98 Å². The van der Waals surface area contributed by atoms with Crippen molar-refractivity contribution in [2.75, 3.05) is 29.9 Å². The van der Waals surface area contributed by atoms with Crippen molar-refractivity contribution in [3.05, 3.63) is 48.4 Å². The second-order valence-corrected chi connectivity index (χ2v) is 6.13. The van der Waals surface area contributed by atoms with E-state index in [2.05, 4.69) is 20.4 Å². The van der Waals surface area contributed by atoms with Gasteiger partial charge >= 0.3 is 0 Å². The number of benzene rings is 1. The van der Waals surface area contributed by atoms with Crippen LogP contribution in [-0.4, -0.2) is 40.7 Å². The number of nitrogens with one attached hydrogen (secondary N) is 1. The number of carbonyl (C=O) groups is 1. The van der Waals surface area contributed by atoms with Gasteiger partial charge in [0.05, 0.1) is 11.3 Å². The lowest BCUT2D eigenvalue weighted by Gasteiger charge is -2.29. The predicted octanol–water partition coefficient (Wildman–Crippen LogP) is 2.67. The monoisotopic (exact) mass is 365 g/mol. The SMILES string of the molecule is Cc1noc(-c2cccnc2NCCCN2C(=O)COc3ccccc32)n1. The summed E-state index contributed by atoms with van der Waals surface area (Å²) in [7, 11) is 0. The van der Waals surface area contributed by atoms with Gasteiger partial charge < -0.3 is 19.5 Å². The maximum absolute atomic E-state index is 12.2. The summed E-state index contributed by atoms with van der Waals surface area (Å²) in [5, 5.41) is 7.12. The largest absolute Gasteiger partial charge is 0.482 e. The van der Waals surface area contributed by atoms with Gasteiger partial charge in [0.1, 0.15) is 11.6 Å². The molecular formula is C19H19N5O3. The Labute approximate surface area is 156 Å². The number of fused-ring (bicyclic) bond motifs is 1. The van der Waals surface area contributed by atoms with Crippen molar-refractivity contribution in [1.82, 2.24) is 15.1 Å². The molecule has 0 aliphatic carbocycles. The number of para-hydroxylation sites is 2. The Balaban J connectivity index is 1.40. The molecule has 1 aliphatic heterocycles. The topological polar surface area (TPSA) is 93.4 Å². The summed E-state index contributed by atoms with van der Waals surface area (Å²) in [4.78, 5) is 22.6. The number of pyridine rings is 1. The molecule has 0 saturated heterocycles. The van der Waals surface area contributed by atoms with Crippen LogP contribution in [0.15, 0.2) is 47.1 Å². The van der Waals surface area contributed by atoms with Gasteiger partial charge in [0, 0.05) is 19.3 Å². The van der Waals surface area contributed by atoms with Gasteiger partial charge in [-0.2, -0.15) is 4.98 Å². The third kappa shape index (κ3) is 3.59. The summed E-state index contributed by atoms with van der Waals surface area (Å²) >= 11 is 0. The van der Waals surface area contributed by atoms with E-state index in [0.29, 0.717) is 30.6 Å². The average Bonchev–Trinajstić information content (AvgIpc) is 3.13. The number of aromatic nitrogens is 3. The van der Waals surface area contributed by atoms with E-state index in [1.54, 1.807) is 18.0 Å². The highest BCUT2D eigenvalue weighted by Gasteiger charge is 2.24. The van der Waals surface area contributed by atoms with Crippen molar-refractivity contribution in [2.24, 2.45) is 0 Å². The highest BCUT2D eigenvalue weighted by Crippen LogP contribution is 2.31. The number of rotatable bonds is 6. The number of anilines is 2. The van der Waals surface area contributed by atoms with Crippen molar-refractivity contribution in [3.63, 3.8) is 0 Å². The van der Waals surface area contributed by atoms with Crippen LogP contribution in [0, 0.1) is 6.92 Å². The summed E-state index contributed by atoms with van der Waals surface area (Å²) < 4.78 is 10.7. The fourth-order valence-corrected chi connectivity index (χ4v) is 2.97. The van der Waals surface area contributed by atoms with E-state index in [0.717, 1.165) is 23.4 Å². The quantitative estimate of drug-likeness (QED) is 0.671. The van der Waals surface area contributed by atoms with Crippen LogP contribution in [0.25, 0.3) is 11.5 Å². The van der Waals surface area contributed by atoms with Crippen LogP contribution in [0.5, 0.6) is 5.75 Å². The first kappa shape index (κ1) is 17.0. The molecule has 0 atom stereocenters. The molecule has 138 valence electrons.